The number of nitrogens with zero attached hydrogens (tertiary/aromatic N) is 2. The molecule has 128 valence electrons. The predicted octanol–water partition coefficient (Wildman–Crippen LogP) is 2.70. The van der Waals surface area contributed by atoms with Gasteiger partial charge in [-0.15, -0.1) is 0 Å². The number of piperidine rings is 1. The Labute approximate surface area is 141 Å². The topological polar surface area (TPSA) is 61.0 Å². The molecule has 1 aromatic carbocycles. The zero-order valence-corrected chi connectivity index (χ0v) is 13.9. The molecule has 0 saturated carbocycles. The molecule has 1 atom stereocenters. The largest absolute Gasteiger partial charge is 0.349 e. The molecule has 0 aliphatic carbocycles. The lowest BCUT2D eigenvalue weighted by Crippen LogP contribution is -2.42. The number of hydrogen-bond acceptors (Lipinski definition) is 3. The van der Waals surface area contributed by atoms with Crippen molar-refractivity contribution in [1.82, 2.24) is 20.4 Å². The summed E-state index contributed by atoms with van der Waals surface area (Å²) in [5.74, 6) is -0.354. The van der Waals surface area contributed by atoms with Gasteiger partial charge in [0, 0.05) is 5.69 Å². The van der Waals surface area contributed by atoms with Gasteiger partial charge >= 0.3 is 0 Å². The van der Waals surface area contributed by atoms with E-state index in [4.69, 9.17) is 0 Å². The Morgan fingerprint density at radius 1 is 1.29 bits per heavy atom. The van der Waals surface area contributed by atoms with E-state index in [0.717, 1.165) is 42.9 Å². The van der Waals surface area contributed by atoms with Crippen molar-refractivity contribution in [1.29, 1.82) is 0 Å². The van der Waals surface area contributed by atoms with Crippen molar-refractivity contribution < 1.29 is 9.18 Å². The summed E-state index contributed by atoms with van der Waals surface area (Å²) in [4.78, 5) is 15.0. The summed E-state index contributed by atoms with van der Waals surface area (Å²) in [7, 11) is 0. The summed E-state index contributed by atoms with van der Waals surface area (Å²) in [6.07, 6.45) is 3.37. The van der Waals surface area contributed by atoms with Crippen molar-refractivity contribution >= 4 is 5.91 Å². The molecule has 3 rings (SSSR count). The van der Waals surface area contributed by atoms with Gasteiger partial charge in [-0.05, 0) is 56.6 Å². The first-order valence-corrected chi connectivity index (χ1v) is 8.41. The highest BCUT2D eigenvalue weighted by atomic mass is 19.1. The van der Waals surface area contributed by atoms with Gasteiger partial charge in [0.1, 0.15) is 11.9 Å². The number of halogens is 1. The molecule has 2 aromatic rings. The first kappa shape index (κ1) is 16.6. The molecule has 1 amide bonds. The molecule has 1 aliphatic rings. The monoisotopic (exact) mass is 330 g/mol. The van der Waals surface area contributed by atoms with Gasteiger partial charge < -0.3 is 5.32 Å². The molecule has 0 radical (unpaired) electrons. The Bertz CT molecular complexity index is 677. The average molecular weight is 330 g/mol. The fraction of sp³-hybridized carbons (Fsp3) is 0.444. The third kappa shape index (κ3) is 4.00. The first-order chi connectivity index (χ1) is 11.6. The quantitative estimate of drug-likeness (QED) is 0.886. The van der Waals surface area contributed by atoms with Crippen LogP contribution in [0.3, 0.4) is 0 Å². The van der Waals surface area contributed by atoms with Crippen LogP contribution < -0.4 is 5.32 Å². The maximum Gasteiger partial charge on any atom is 0.242 e. The lowest BCUT2D eigenvalue weighted by Gasteiger charge is -2.33. The molecule has 0 bridgehead atoms. The SMILES string of the molecule is Cc1cc(CNC(=O)[C@H](c2ccc(F)cc2)N2CCCCC2)n[nH]1. The average Bonchev–Trinajstić information content (AvgIpc) is 3.01. The highest BCUT2D eigenvalue weighted by molar-refractivity contribution is 5.83. The molecule has 0 spiro atoms. The number of H-pyrrole nitrogens is 1. The normalized spacial score (nSPS) is 16.8. The van der Waals surface area contributed by atoms with Crippen LogP contribution in [-0.4, -0.2) is 34.1 Å². The fourth-order valence-electron chi connectivity index (χ4n) is 3.19. The maximum atomic E-state index is 13.2. The standard InChI is InChI=1S/C18H23FN4O/c1-13-11-16(22-21-13)12-20-18(24)17(23-9-3-2-4-10-23)14-5-7-15(19)8-6-14/h5-8,11,17H,2-4,9-10,12H2,1H3,(H,20,24)(H,21,22)/t17-/m0/s1. The number of aromatic nitrogens is 2. The molecule has 2 N–H and O–H groups in total. The summed E-state index contributed by atoms with van der Waals surface area (Å²) < 4.78 is 13.2. The highest BCUT2D eigenvalue weighted by Gasteiger charge is 2.28. The number of hydrogen-bond donors (Lipinski definition) is 2. The number of aromatic amines is 1. The van der Waals surface area contributed by atoms with Crippen LogP contribution >= 0.6 is 0 Å². The molecule has 5 nitrogen and oxygen atoms in total. The van der Waals surface area contributed by atoms with Crippen LogP contribution in [0.2, 0.25) is 0 Å². The van der Waals surface area contributed by atoms with Gasteiger partial charge in [-0.1, -0.05) is 18.6 Å². The van der Waals surface area contributed by atoms with Crippen LogP contribution in [0, 0.1) is 12.7 Å². The van der Waals surface area contributed by atoms with Crippen molar-refractivity contribution in [3.8, 4) is 0 Å². The van der Waals surface area contributed by atoms with Gasteiger partial charge in [0.05, 0.1) is 12.2 Å². The number of rotatable bonds is 5. The van der Waals surface area contributed by atoms with Crippen LogP contribution in [0.1, 0.15) is 42.3 Å². The number of nitrogens with one attached hydrogen (secondary N) is 2. The third-order valence-electron chi connectivity index (χ3n) is 4.39. The van der Waals surface area contributed by atoms with E-state index in [9.17, 15) is 9.18 Å². The lowest BCUT2D eigenvalue weighted by molar-refractivity contribution is -0.127. The Kier molecular flexibility index (Phi) is 5.25. The molecule has 1 saturated heterocycles. The van der Waals surface area contributed by atoms with Crippen molar-refractivity contribution in [3.63, 3.8) is 0 Å². The summed E-state index contributed by atoms with van der Waals surface area (Å²) >= 11 is 0. The van der Waals surface area contributed by atoms with Crippen LogP contribution in [-0.2, 0) is 11.3 Å². The van der Waals surface area contributed by atoms with E-state index in [0.29, 0.717) is 6.54 Å². The minimum absolute atomic E-state index is 0.0656. The number of carbonyl (C=O) groups is 1. The molecular formula is C18H23FN4O. The zero-order valence-electron chi connectivity index (χ0n) is 13.9. The predicted molar refractivity (Wildman–Crippen MR) is 89.7 cm³/mol. The maximum absolute atomic E-state index is 13.2. The smallest absolute Gasteiger partial charge is 0.242 e. The summed E-state index contributed by atoms with van der Waals surface area (Å²) in [6, 6.07) is 7.76. The van der Waals surface area contributed by atoms with Gasteiger partial charge in [0.2, 0.25) is 5.91 Å². The van der Waals surface area contributed by atoms with E-state index in [1.165, 1.54) is 18.6 Å². The van der Waals surface area contributed by atoms with E-state index >= 15 is 0 Å². The number of likely N-dealkylation sites (tertiary alicyclic amines) is 1. The molecule has 24 heavy (non-hydrogen) atoms. The van der Waals surface area contributed by atoms with Crippen LogP contribution in [0.5, 0.6) is 0 Å². The Hall–Kier alpha value is -2.21. The number of benzene rings is 1. The van der Waals surface area contributed by atoms with Gasteiger partial charge in [-0.25, -0.2) is 4.39 Å². The van der Waals surface area contributed by atoms with Crippen LogP contribution in [0.15, 0.2) is 30.3 Å². The first-order valence-electron chi connectivity index (χ1n) is 8.41. The zero-order chi connectivity index (χ0) is 16.9. The second kappa shape index (κ2) is 7.57. The molecule has 1 aliphatic heterocycles. The van der Waals surface area contributed by atoms with Gasteiger partial charge in [-0.2, -0.15) is 5.10 Å². The van der Waals surface area contributed by atoms with Gasteiger partial charge in [0.15, 0.2) is 0 Å². The van der Waals surface area contributed by atoms with E-state index < -0.39 is 0 Å². The van der Waals surface area contributed by atoms with Crippen molar-refractivity contribution in [2.45, 2.75) is 38.8 Å². The van der Waals surface area contributed by atoms with Crippen LogP contribution in [0.4, 0.5) is 4.39 Å². The summed E-state index contributed by atoms with van der Waals surface area (Å²) in [6.45, 7) is 4.08. The van der Waals surface area contributed by atoms with Crippen molar-refractivity contribution in [3.05, 3.63) is 53.1 Å². The van der Waals surface area contributed by atoms with Gasteiger partial charge in [0.25, 0.3) is 0 Å². The number of aryl methyl sites for hydroxylation is 1. The Morgan fingerprint density at radius 3 is 2.62 bits per heavy atom. The summed E-state index contributed by atoms with van der Waals surface area (Å²) in [5.41, 5.74) is 2.59. The Morgan fingerprint density at radius 2 is 2.00 bits per heavy atom. The molecule has 1 aromatic heterocycles. The lowest BCUT2D eigenvalue weighted by atomic mass is 10.0. The van der Waals surface area contributed by atoms with Crippen LogP contribution in [0.25, 0.3) is 0 Å². The molecule has 0 unspecified atom stereocenters. The van der Waals surface area contributed by atoms with E-state index in [-0.39, 0.29) is 17.8 Å². The highest BCUT2D eigenvalue weighted by Crippen LogP contribution is 2.25. The second-order valence-electron chi connectivity index (χ2n) is 6.31. The van der Waals surface area contributed by atoms with Crippen molar-refractivity contribution in [2.24, 2.45) is 0 Å². The van der Waals surface area contributed by atoms with E-state index in [2.05, 4.69) is 20.4 Å². The van der Waals surface area contributed by atoms with Crippen molar-refractivity contribution in [2.75, 3.05) is 13.1 Å². The summed E-state index contributed by atoms with van der Waals surface area (Å²) in [5, 5.41) is 9.98. The fourth-order valence-corrected chi connectivity index (χ4v) is 3.19. The van der Waals surface area contributed by atoms with E-state index in [1.54, 1.807) is 12.1 Å². The Balaban J connectivity index is 1.74. The molecule has 2 heterocycles. The van der Waals surface area contributed by atoms with Gasteiger partial charge in [-0.3, -0.25) is 14.8 Å². The molecular weight excluding hydrogens is 307 g/mol. The third-order valence-corrected chi connectivity index (χ3v) is 4.39. The minimum atomic E-state index is -0.383. The number of carbonyl (C=O) groups excluding carboxylic acids is 1. The number of amides is 1. The second-order valence-corrected chi connectivity index (χ2v) is 6.31. The molecule has 6 heteroatoms. The minimum Gasteiger partial charge on any atom is -0.349 e. The molecule has 1 fully saturated rings. The van der Waals surface area contributed by atoms with E-state index in [1.807, 2.05) is 13.0 Å².